The lowest BCUT2D eigenvalue weighted by molar-refractivity contribution is -0.122. The van der Waals surface area contributed by atoms with Gasteiger partial charge in [0.05, 0.1) is 23.7 Å². The van der Waals surface area contributed by atoms with Gasteiger partial charge < -0.3 is 10.1 Å². The fourth-order valence-corrected chi connectivity index (χ4v) is 4.02. The van der Waals surface area contributed by atoms with Crippen molar-refractivity contribution < 1.29 is 22.3 Å². The second-order valence-corrected chi connectivity index (χ2v) is 8.72. The molecular weight excluding hydrogens is 427 g/mol. The number of halogens is 2. The van der Waals surface area contributed by atoms with Crippen molar-refractivity contribution in [1.82, 2.24) is 0 Å². The number of rotatable bonds is 4. The summed E-state index contributed by atoms with van der Waals surface area (Å²) in [5.41, 5.74) is 0.374. The first-order valence-corrected chi connectivity index (χ1v) is 10.2. The SMILES string of the molecule is CCS(=O)(=O)N1CC(C(=O)Nc2ccc(Br)cc2F)Oc2ccccc21. The molecule has 0 aromatic heterocycles. The number of anilines is 2. The molecule has 6 nitrogen and oxygen atoms in total. The smallest absolute Gasteiger partial charge is 0.267 e. The summed E-state index contributed by atoms with van der Waals surface area (Å²) in [6.45, 7) is 1.34. The number of sulfonamides is 1. The minimum atomic E-state index is -3.59. The number of hydrogen-bond donors (Lipinski definition) is 1. The van der Waals surface area contributed by atoms with E-state index >= 15 is 0 Å². The molecule has 26 heavy (non-hydrogen) atoms. The maximum absolute atomic E-state index is 13.9. The Morgan fingerprint density at radius 1 is 1.35 bits per heavy atom. The third-order valence-electron chi connectivity index (χ3n) is 3.92. The number of ether oxygens (including phenoxy) is 1. The molecule has 0 radical (unpaired) electrons. The highest BCUT2D eigenvalue weighted by molar-refractivity contribution is 9.10. The van der Waals surface area contributed by atoms with Crippen LogP contribution in [0.4, 0.5) is 15.8 Å². The second kappa shape index (κ2) is 7.24. The van der Waals surface area contributed by atoms with Crippen LogP contribution in [0, 0.1) is 5.82 Å². The molecule has 1 aliphatic heterocycles. The molecule has 9 heteroatoms. The molecule has 0 spiro atoms. The maximum atomic E-state index is 13.9. The number of amides is 1. The molecule has 138 valence electrons. The number of fused-ring (bicyclic) bond motifs is 1. The van der Waals surface area contributed by atoms with Gasteiger partial charge in [-0.2, -0.15) is 0 Å². The zero-order valence-electron chi connectivity index (χ0n) is 13.8. The van der Waals surface area contributed by atoms with E-state index in [0.717, 1.165) is 4.31 Å². The third-order valence-corrected chi connectivity index (χ3v) is 6.16. The first-order chi connectivity index (χ1) is 12.3. The number of nitrogens with zero attached hydrogens (tertiary/aromatic N) is 1. The minimum Gasteiger partial charge on any atom is -0.476 e. The molecule has 1 aliphatic rings. The number of carbonyl (C=O) groups is 1. The number of nitrogens with one attached hydrogen (secondary N) is 1. The summed E-state index contributed by atoms with van der Waals surface area (Å²) in [6, 6.07) is 10.8. The molecule has 2 aromatic rings. The lowest BCUT2D eigenvalue weighted by Gasteiger charge is -2.34. The van der Waals surface area contributed by atoms with E-state index in [0.29, 0.717) is 10.2 Å². The van der Waals surface area contributed by atoms with Gasteiger partial charge in [0, 0.05) is 4.47 Å². The minimum absolute atomic E-state index is 0.00874. The van der Waals surface area contributed by atoms with Gasteiger partial charge in [0.15, 0.2) is 6.10 Å². The van der Waals surface area contributed by atoms with Gasteiger partial charge in [-0.3, -0.25) is 9.10 Å². The van der Waals surface area contributed by atoms with E-state index in [9.17, 15) is 17.6 Å². The number of benzene rings is 2. The summed E-state index contributed by atoms with van der Waals surface area (Å²) in [5.74, 6) is -1.07. The number of para-hydroxylation sites is 2. The van der Waals surface area contributed by atoms with Crippen molar-refractivity contribution in [3.63, 3.8) is 0 Å². The zero-order valence-corrected chi connectivity index (χ0v) is 16.2. The highest BCUT2D eigenvalue weighted by atomic mass is 79.9. The lowest BCUT2D eigenvalue weighted by Crippen LogP contribution is -2.49. The topological polar surface area (TPSA) is 75.7 Å². The van der Waals surface area contributed by atoms with Crippen LogP contribution in [0.5, 0.6) is 5.75 Å². The number of hydrogen-bond acceptors (Lipinski definition) is 4. The average Bonchev–Trinajstić information content (AvgIpc) is 2.63. The first kappa shape index (κ1) is 18.7. The summed E-state index contributed by atoms with van der Waals surface area (Å²) in [6.07, 6.45) is -1.10. The second-order valence-electron chi connectivity index (χ2n) is 5.62. The average molecular weight is 443 g/mol. The van der Waals surface area contributed by atoms with Crippen molar-refractivity contribution in [2.75, 3.05) is 21.9 Å². The molecule has 1 unspecified atom stereocenters. The molecule has 2 aromatic carbocycles. The van der Waals surface area contributed by atoms with E-state index in [2.05, 4.69) is 21.2 Å². The Bertz CT molecular complexity index is 952. The molecule has 0 aliphatic carbocycles. The Labute approximate surface area is 159 Å². The van der Waals surface area contributed by atoms with Crippen molar-refractivity contribution in [3.05, 3.63) is 52.8 Å². The first-order valence-electron chi connectivity index (χ1n) is 7.84. The molecular formula is C17H16BrFN2O4S. The molecule has 0 saturated carbocycles. The van der Waals surface area contributed by atoms with Crippen molar-refractivity contribution >= 4 is 43.2 Å². The van der Waals surface area contributed by atoms with Gasteiger partial charge >= 0.3 is 0 Å². The van der Waals surface area contributed by atoms with Crippen LogP contribution in [0.15, 0.2) is 46.9 Å². The summed E-state index contributed by atoms with van der Waals surface area (Å²) in [5, 5.41) is 2.45. The van der Waals surface area contributed by atoms with Gasteiger partial charge in [-0.25, -0.2) is 12.8 Å². The Morgan fingerprint density at radius 3 is 2.77 bits per heavy atom. The van der Waals surface area contributed by atoms with Gasteiger partial charge in [0.25, 0.3) is 5.91 Å². The normalized spacial score (nSPS) is 16.6. The Kier molecular flexibility index (Phi) is 5.19. The van der Waals surface area contributed by atoms with Crippen molar-refractivity contribution in [3.8, 4) is 5.75 Å². The number of carbonyl (C=O) groups excluding carboxylic acids is 1. The fourth-order valence-electron chi connectivity index (χ4n) is 2.56. The van der Waals surface area contributed by atoms with Crippen molar-refractivity contribution in [1.29, 1.82) is 0 Å². The van der Waals surface area contributed by atoms with Crippen molar-refractivity contribution in [2.24, 2.45) is 0 Å². The van der Waals surface area contributed by atoms with Crippen LogP contribution in [0.2, 0.25) is 0 Å². The molecule has 3 rings (SSSR count). The maximum Gasteiger partial charge on any atom is 0.267 e. The molecule has 1 N–H and O–H groups in total. The van der Waals surface area contributed by atoms with Crippen LogP contribution < -0.4 is 14.4 Å². The monoisotopic (exact) mass is 442 g/mol. The lowest BCUT2D eigenvalue weighted by atomic mass is 10.2. The summed E-state index contributed by atoms with van der Waals surface area (Å²) < 4.78 is 46.1. The molecule has 1 amide bonds. The summed E-state index contributed by atoms with van der Waals surface area (Å²) >= 11 is 3.14. The van der Waals surface area contributed by atoms with Crippen LogP contribution in [0.25, 0.3) is 0 Å². The highest BCUT2D eigenvalue weighted by Crippen LogP contribution is 2.35. The Hall–Kier alpha value is -2.13. The van der Waals surface area contributed by atoms with Crippen LogP contribution in [0.1, 0.15) is 6.92 Å². The quantitative estimate of drug-likeness (QED) is 0.788. The molecule has 1 atom stereocenters. The van der Waals surface area contributed by atoms with E-state index in [1.165, 1.54) is 19.1 Å². The van der Waals surface area contributed by atoms with Crippen molar-refractivity contribution in [2.45, 2.75) is 13.0 Å². The van der Waals surface area contributed by atoms with Crippen LogP contribution in [0.3, 0.4) is 0 Å². The predicted molar refractivity (Wildman–Crippen MR) is 100 cm³/mol. The van der Waals surface area contributed by atoms with Gasteiger partial charge in [-0.1, -0.05) is 28.1 Å². The van der Waals surface area contributed by atoms with Crippen LogP contribution in [-0.2, 0) is 14.8 Å². The standard InChI is InChI=1S/C17H16BrFN2O4S/c1-2-26(23,24)21-10-16(25-15-6-4-3-5-14(15)21)17(22)20-13-8-7-11(18)9-12(13)19/h3-9,16H,2,10H2,1H3,(H,20,22). The Balaban J connectivity index is 1.88. The zero-order chi connectivity index (χ0) is 18.9. The summed E-state index contributed by atoms with van der Waals surface area (Å²) in [4.78, 5) is 12.5. The molecule has 1 heterocycles. The predicted octanol–water partition coefficient (Wildman–Crippen LogP) is 3.14. The van der Waals surface area contributed by atoms with Gasteiger partial charge in [-0.05, 0) is 37.3 Å². The fraction of sp³-hybridized carbons (Fsp3) is 0.235. The highest BCUT2D eigenvalue weighted by Gasteiger charge is 2.36. The largest absolute Gasteiger partial charge is 0.476 e. The van der Waals surface area contributed by atoms with Gasteiger partial charge in [0.1, 0.15) is 11.6 Å². The van der Waals surface area contributed by atoms with E-state index in [-0.39, 0.29) is 23.7 Å². The molecule has 0 bridgehead atoms. The van der Waals surface area contributed by atoms with Crippen LogP contribution >= 0.6 is 15.9 Å². The van der Waals surface area contributed by atoms with E-state index in [1.54, 1.807) is 30.3 Å². The Morgan fingerprint density at radius 2 is 2.08 bits per heavy atom. The van der Waals surface area contributed by atoms with Crippen LogP contribution in [-0.4, -0.2) is 32.7 Å². The van der Waals surface area contributed by atoms with E-state index < -0.39 is 27.9 Å². The third kappa shape index (κ3) is 3.68. The summed E-state index contributed by atoms with van der Waals surface area (Å²) in [7, 11) is -3.59. The molecule has 0 fully saturated rings. The van der Waals surface area contributed by atoms with E-state index in [1.807, 2.05) is 0 Å². The molecule has 0 saturated heterocycles. The van der Waals surface area contributed by atoms with Gasteiger partial charge in [-0.15, -0.1) is 0 Å². The van der Waals surface area contributed by atoms with Gasteiger partial charge in [0.2, 0.25) is 10.0 Å². The van der Waals surface area contributed by atoms with E-state index in [4.69, 9.17) is 4.74 Å².